The lowest BCUT2D eigenvalue weighted by Gasteiger charge is -2.29. The molecule has 0 aliphatic rings. The predicted octanol–water partition coefficient (Wildman–Crippen LogP) is 5.41. The van der Waals surface area contributed by atoms with E-state index in [1.54, 1.807) is 0 Å². The lowest BCUT2D eigenvalue weighted by Crippen LogP contribution is -2.36. The molecule has 0 fully saturated rings. The predicted molar refractivity (Wildman–Crippen MR) is 110 cm³/mol. The highest BCUT2D eigenvalue weighted by molar-refractivity contribution is 5.97. The van der Waals surface area contributed by atoms with E-state index in [0.29, 0.717) is 0 Å². The Morgan fingerprint density at radius 2 is 1.79 bits per heavy atom. The van der Waals surface area contributed by atoms with E-state index in [1.807, 2.05) is 0 Å². The molecule has 1 atom stereocenters. The molecule has 10 heteroatoms. The Morgan fingerprint density at radius 1 is 1.15 bits per heavy atom. The van der Waals surface area contributed by atoms with Gasteiger partial charge in [0.25, 0.3) is 0 Å². The lowest BCUT2D eigenvalue weighted by molar-refractivity contribution is -0.160. The van der Waals surface area contributed by atoms with Gasteiger partial charge in [-0.2, -0.15) is 13.2 Å². The van der Waals surface area contributed by atoms with Gasteiger partial charge in [0, 0.05) is 25.0 Å². The summed E-state index contributed by atoms with van der Waals surface area (Å²) in [5, 5.41) is 10.2. The van der Waals surface area contributed by atoms with Crippen LogP contribution in [0.2, 0.25) is 0 Å². The number of Topliss-reactive ketones (excluding diaryl/α,β-unsaturated/α-hetero) is 1. The Kier molecular flexibility index (Phi) is 6.78. The van der Waals surface area contributed by atoms with Gasteiger partial charge in [-0.15, -0.1) is 0 Å². The van der Waals surface area contributed by atoms with Crippen LogP contribution in [0.1, 0.15) is 48.4 Å². The SMILES string of the molecule is Cc1nc2c(OCc3c(F)cccc3F)cccn2c1C(=O)CC(CC(F)(F)F)C(C)(C)O. The number of benzene rings is 1. The van der Waals surface area contributed by atoms with Crippen LogP contribution in [0.25, 0.3) is 5.65 Å². The van der Waals surface area contributed by atoms with Gasteiger partial charge in [0.2, 0.25) is 0 Å². The zero-order valence-corrected chi connectivity index (χ0v) is 18.2. The van der Waals surface area contributed by atoms with Crippen LogP contribution in [0.15, 0.2) is 36.5 Å². The van der Waals surface area contributed by atoms with E-state index < -0.39 is 54.6 Å². The summed E-state index contributed by atoms with van der Waals surface area (Å²) in [6.45, 7) is 3.54. The van der Waals surface area contributed by atoms with E-state index in [0.717, 1.165) is 12.1 Å². The summed E-state index contributed by atoms with van der Waals surface area (Å²) in [6, 6.07) is 6.43. The second-order valence-electron chi connectivity index (χ2n) is 8.40. The fourth-order valence-corrected chi connectivity index (χ4v) is 3.60. The summed E-state index contributed by atoms with van der Waals surface area (Å²) < 4.78 is 73.7. The fraction of sp³-hybridized carbons (Fsp3) is 0.391. The van der Waals surface area contributed by atoms with Crippen LogP contribution in [-0.2, 0) is 6.61 Å². The van der Waals surface area contributed by atoms with Crippen LogP contribution in [0.4, 0.5) is 22.0 Å². The summed E-state index contributed by atoms with van der Waals surface area (Å²) in [6.07, 6.45) is -4.94. The molecule has 3 aromatic rings. The number of aliphatic hydroxyl groups is 1. The summed E-state index contributed by atoms with van der Waals surface area (Å²) in [7, 11) is 0. The van der Waals surface area contributed by atoms with Crippen LogP contribution in [0.5, 0.6) is 5.75 Å². The number of hydrogen-bond acceptors (Lipinski definition) is 4. The summed E-state index contributed by atoms with van der Waals surface area (Å²) in [4.78, 5) is 17.3. The van der Waals surface area contributed by atoms with E-state index in [2.05, 4.69) is 4.98 Å². The van der Waals surface area contributed by atoms with E-state index in [9.17, 15) is 31.9 Å². The second-order valence-corrected chi connectivity index (χ2v) is 8.40. The third kappa shape index (κ3) is 5.68. The average molecular weight is 470 g/mol. The van der Waals surface area contributed by atoms with Crippen LogP contribution in [0, 0.1) is 24.5 Å². The van der Waals surface area contributed by atoms with Crippen LogP contribution in [-0.4, -0.2) is 32.1 Å². The zero-order valence-electron chi connectivity index (χ0n) is 18.2. The van der Waals surface area contributed by atoms with Crippen molar-refractivity contribution in [1.29, 1.82) is 0 Å². The third-order valence-electron chi connectivity index (χ3n) is 5.40. The lowest BCUT2D eigenvalue weighted by atomic mass is 9.83. The normalized spacial score (nSPS) is 13.4. The number of carbonyl (C=O) groups is 1. The van der Waals surface area contributed by atoms with Gasteiger partial charge in [0.15, 0.2) is 17.2 Å². The van der Waals surface area contributed by atoms with Crippen molar-refractivity contribution in [2.24, 2.45) is 5.92 Å². The number of ketones is 1. The van der Waals surface area contributed by atoms with Crippen molar-refractivity contribution >= 4 is 11.4 Å². The van der Waals surface area contributed by atoms with Crippen LogP contribution < -0.4 is 4.74 Å². The number of carbonyl (C=O) groups excluding carboxylic acids is 1. The number of nitrogens with zero attached hydrogens (tertiary/aromatic N) is 2. The summed E-state index contributed by atoms with van der Waals surface area (Å²) in [5.74, 6) is -3.41. The topological polar surface area (TPSA) is 63.8 Å². The first-order valence-electron chi connectivity index (χ1n) is 10.1. The smallest absolute Gasteiger partial charge is 0.389 e. The van der Waals surface area contributed by atoms with Crippen molar-refractivity contribution in [2.45, 2.75) is 52.0 Å². The van der Waals surface area contributed by atoms with Crippen LogP contribution >= 0.6 is 0 Å². The molecule has 1 aromatic carbocycles. The first kappa shape index (κ1) is 24.6. The van der Waals surface area contributed by atoms with Crippen molar-refractivity contribution in [3.63, 3.8) is 0 Å². The minimum atomic E-state index is -4.55. The number of imidazole rings is 1. The van der Waals surface area contributed by atoms with Crippen LogP contribution in [0.3, 0.4) is 0 Å². The number of pyridine rings is 1. The summed E-state index contributed by atoms with van der Waals surface area (Å²) >= 11 is 0. The minimum Gasteiger partial charge on any atom is -0.485 e. The molecule has 178 valence electrons. The van der Waals surface area contributed by atoms with Crippen molar-refractivity contribution in [3.05, 3.63) is 65.1 Å². The maximum Gasteiger partial charge on any atom is 0.389 e. The third-order valence-corrected chi connectivity index (χ3v) is 5.40. The van der Waals surface area contributed by atoms with Gasteiger partial charge in [0.1, 0.15) is 23.9 Å². The van der Waals surface area contributed by atoms with E-state index in [-0.39, 0.29) is 28.3 Å². The molecule has 2 aromatic heterocycles. The first-order chi connectivity index (χ1) is 15.3. The van der Waals surface area contributed by atoms with Crippen molar-refractivity contribution in [3.8, 4) is 5.75 Å². The van der Waals surface area contributed by atoms with Gasteiger partial charge in [0.05, 0.1) is 16.9 Å². The van der Waals surface area contributed by atoms with Crippen molar-refractivity contribution in [2.75, 3.05) is 0 Å². The van der Waals surface area contributed by atoms with Gasteiger partial charge < -0.3 is 9.84 Å². The molecular weight excluding hydrogens is 447 g/mol. The minimum absolute atomic E-state index is 0.0453. The molecule has 0 aliphatic heterocycles. The largest absolute Gasteiger partial charge is 0.485 e. The molecule has 0 radical (unpaired) electrons. The number of aromatic nitrogens is 2. The molecule has 2 heterocycles. The molecule has 5 nitrogen and oxygen atoms in total. The van der Waals surface area contributed by atoms with Gasteiger partial charge >= 0.3 is 6.18 Å². The maximum atomic E-state index is 13.9. The summed E-state index contributed by atoms with van der Waals surface area (Å²) in [5.41, 5.74) is -1.55. The molecule has 0 spiro atoms. The van der Waals surface area contributed by atoms with E-state index in [4.69, 9.17) is 4.74 Å². The van der Waals surface area contributed by atoms with E-state index >= 15 is 0 Å². The van der Waals surface area contributed by atoms with Crippen molar-refractivity contribution < 1.29 is 36.6 Å². The Labute approximate surface area is 186 Å². The number of fused-ring (bicyclic) bond motifs is 1. The van der Waals surface area contributed by atoms with Gasteiger partial charge in [-0.25, -0.2) is 13.8 Å². The molecule has 3 rings (SSSR count). The molecular formula is C23H23F5N2O3. The number of alkyl halides is 3. The molecule has 33 heavy (non-hydrogen) atoms. The fourth-order valence-electron chi connectivity index (χ4n) is 3.60. The Balaban J connectivity index is 1.91. The molecule has 0 saturated heterocycles. The molecule has 0 saturated carbocycles. The number of aryl methyl sites for hydroxylation is 1. The standard InChI is InChI=1S/C23H23F5N2O3/c1-13-20(18(31)10-14(22(2,3)32)11-23(26,27)28)30-9-5-8-19(21(30)29-13)33-12-15-16(24)6-4-7-17(15)25/h4-9,14,32H,10-12H2,1-3H3. The van der Waals surface area contributed by atoms with Crippen molar-refractivity contribution in [1.82, 2.24) is 9.38 Å². The number of halogens is 5. The number of rotatable bonds is 8. The monoisotopic (exact) mass is 470 g/mol. The maximum absolute atomic E-state index is 13.9. The molecule has 1 N–H and O–H groups in total. The van der Waals surface area contributed by atoms with Gasteiger partial charge in [-0.1, -0.05) is 6.07 Å². The highest BCUT2D eigenvalue weighted by Gasteiger charge is 2.40. The van der Waals surface area contributed by atoms with Gasteiger partial charge in [-0.3, -0.25) is 9.20 Å². The quantitative estimate of drug-likeness (QED) is 0.353. The Morgan fingerprint density at radius 3 is 2.36 bits per heavy atom. The first-order valence-corrected chi connectivity index (χ1v) is 10.1. The average Bonchev–Trinajstić information content (AvgIpc) is 3.02. The molecule has 0 bridgehead atoms. The highest BCUT2D eigenvalue weighted by atomic mass is 19.4. The molecule has 0 amide bonds. The molecule has 1 unspecified atom stereocenters. The Hall–Kier alpha value is -3.01. The number of hydrogen-bond donors (Lipinski definition) is 1. The zero-order chi connectivity index (χ0) is 24.6. The van der Waals surface area contributed by atoms with Gasteiger partial charge in [-0.05, 0) is 45.0 Å². The Bertz CT molecular complexity index is 1150. The number of ether oxygens (including phenoxy) is 1. The highest BCUT2D eigenvalue weighted by Crippen LogP contribution is 2.35. The van der Waals surface area contributed by atoms with E-state index in [1.165, 1.54) is 49.6 Å². The second kappa shape index (κ2) is 9.09. The molecule has 0 aliphatic carbocycles.